The second kappa shape index (κ2) is 9.95. The molecule has 1 aromatic rings. The number of likely N-dealkylation sites (N-methyl/N-ethyl adjacent to an activating group) is 1. The van der Waals surface area contributed by atoms with Gasteiger partial charge in [-0.2, -0.15) is 0 Å². The molecule has 0 radical (unpaired) electrons. The predicted octanol–water partition coefficient (Wildman–Crippen LogP) is 2.26. The zero-order chi connectivity index (χ0) is 14.8. The Balaban J connectivity index is 2.64. The third kappa shape index (κ3) is 6.53. The molecule has 1 heterocycles. The van der Waals surface area contributed by atoms with Crippen molar-refractivity contribution in [2.24, 2.45) is 0 Å². The highest BCUT2D eigenvalue weighted by atomic mass is 32.1. The van der Waals surface area contributed by atoms with E-state index in [1.807, 2.05) is 0 Å². The van der Waals surface area contributed by atoms with Gasteiger partial charge in [0.25, 0.3) is 0 Å². The topological polar surface area (TPSA) is 26.7 Å². The molecule has 0 spiro atoms. The minimum atomic E-state index is 0.136. The highest BCUT2D eigenvalue weighted by Gasteiger charge is 2.09. The average Bonchev–Trinajstić information content (AvgIpc) is 2.84. The molecule has 112 valence electrons. The van der Waals surface area contributed by atoms with E-state index >= 15 is 0 Å². The quantitative estimate of drug-likeness (QED) is 0.745. The molecule has 4 heteroatoms. The van der Waals surface area contributed by atoms with Gasteiger partial charge in [0.15, 0.2) is 0 Å². The van der Waals surface area contributed by atoms with Crippen LogP contribution < -0.4 is 0 Å². The molecular weight excluding hydrogens is 268 g/mol. The molecule has 0 aliphatic heterocycles. The number of aliphatic hydroxyl groups excluding tert-OH is 1. The van der Waals surface area contributed by atoms with Gasteiger partial charge in [0, 0.05) is 36.5 Å². The fourth-order valence-electron chi connectivity index (χ4n) is 1.92. The molecule has 0 bridgehead atoms. The van der Waals surface area contributed by atoms with Crippen LogP contribution in [0.5, 0.6) is 0 Å². The lowest BCUT2D eigenvalue weighted by Gasteiger charge is -2.23. The fraction of sp³-hybridized carbons (Fsp3) is 0.625. The van der Waals surface area contributed by atoms with E-state index in [1.54, 1.807) is 11.3 Å². The standard InChI is InChI=1S/C16H26N2OS/c1-4-9-18(11-10-17(2)3)14-16-15(8-13-20-16)7-5-6-12-19/h8,13,19H,4,6,9-12,14H2,1-3H3. The van der Waals surface area contributed by atoms with Crippen molar-refractivity contribution in [1.82, 2.24) is 9.80 Å². The van der Waals surface area contributed by atoms with Crippen LogP contribution in [-0.2, 0) is 6.54 Å². The van der Waals surface area contributed by atoms with Crippen LogP contribution in [0.1, 0.15) is 30.2 Å². The van der Waals surface area contributed by atoms with Crippen LogP contribution in [-0.4, -0.2) is 55.2 Å². The lowest BCUT2D eigenvalue weighted by molar-refractivity contribution is 0.235. The number of hydrogen-bond donors (Lipinski definition) is 1. The number of rotatable bonds is 8. The first-order chi connectivity index (χ1) is 9.67. The van der Waals surface area contributed by atoms with Crippen LogP contribution in [0.3, 0.4) is 0 Å². The van der Waals surface area contributed by atoms with E-state index in [2.05, 4.69) is 54.1 Å². The summed E-state index contributed by atoms with van der Waals surface area (Å²) in [5.74, 6) is 6.18. The normalized spacial score (nSPS) is 10.9. The third-order valence-electron chi connectivity index (χ3n) is 2.98. The summed E-state index contributed by atoms with van der Waals surface area (Å²) in [5.41, 5.74) is 1.12. The van der Waals surface area contributed by atoms with E-state index in [1.165, 1.54) is 11.3 Å². The molecule has 1 aromatic heterocycles. The Hall–Kier alpha value is -0.860. The van der Waals surface area contributed by atoms with Crippen LogP contribution in [0, 0.1) is 11.8 Å². The molecule has 0 aromatic carbocycles. The lowest BCUT2D eigenvalue weighted by Crippen LogP contribution is -2.31. The first-order valence-corrected chi connectivity index (χ1v) is 8.08. The van der Waals surface area contributed by atoms with Gasteiger partial charge in [-0.25, -0.2) is 0 Å². The Bertz CT molecular complexity index is 431. The molecular formula is C16H26N2OS. The Kier molecular flexibility index (Phi) is 8.56. The first kappa shape index (κ1) is 17.2. The van der Waals surface area contributed by atoms with Gasteiger partial charge in [-0.1, -0.05) is 18.8 Å². The van der Waals surface area contributed by atoms with Crippen LogP contribution in [0.25, 0.3) is 0 Å². The fourth-order valence-corrected chi connectivity index (χ4v) is 2.79. The molecule has 0 atom stereocenters. The number of aliphatic hydroxyl groups is 1. The van der Waals surface area contributed by atoms with Gasteiger partial charge in [-0.15, -0.1) is 11.3 Å². The molecule has 0 aliphatic carbocycles. The Labute approximate surface area is 127 Å². The Morgan fingerprint density at radius 2 is 2.05 bits per heavy atom. The smallest absolute Gasteiger partial charge is 0.0540 e. The van der Waals surface area contributed by atoms with Crippen molar-refractivity contribution >= 4 is 11.3 Å². The Morgan fingerprint density at radius 3 is 2.70 bits per heavy atom. The van der Waals surface area contributed by atoms with Gasteiger partial charge in [0.2, 0.25) is 0 Å². The molecule has 20 heavy (non-hydrogen) atoms. The van der Waals surface area contributed by atoms with Crippen molar-refractivity contribution in [3.63, 3.8) is 0 Å². The van der Waals surface area contributed by atoms with Gasteiger partial charge in [-0.3, -0.25) is 4.90 Å². The SMILES string of the molecule is CCCN(CCN(C)C)Cc1sccc1C#CCCO. The number of nitrogens with zero attached hydrogens (tertiary/aromatic N) is 2. The van der Waals surface area contributed by atoms with Gasteiger partial charge >= 0.3 is 0 Å². The minimum absolute atomic E-state index is 0.136. The molecule has 1 rings (SSSR count). The molecule has 0 saturated heterocycles. The number of hydrogen-bond acceptors (Lipinski definition) is 4. The average molecular weight is 294 g/mol. The monoisotopic (exact) mass is 294 g/mol. The van der Waals surface area contributed by atoms with Crippen molar-refractivity contribution in [3.05, 3.63) is 21.9 Å². The third-order valence-corrected chi connectivity index (χ3v) is 3.88. The van der Waals surface area contributed by atoms with E-state index in [9.17, 15) is 0 Å². The van der Waals surface area contributed by atoms with Gasteiger partial charge in [0.05, 0.1) is 6.61 Å². The van der Waals surface area contributed by atoms with E-state index in [-0.39, 0.29) is 6.61 Å². The summed E-state index contributed by atoms with van der Waals surface area (Å²) in [6, 6.07) is 2.08. The lowest BCUT2D eigenvalue weighted by atomic mass is 10.2. The van der Waals surface area contributed by atoms with E-state index in [4.69, 9.17) is 5.11 Å². The number of thiophene rings is 1. The molecule has 0 amide bonds. The highest BCUT2D eigenvalue weighted by Crippen LogP contribution is 2.18. The van der Waals surface area contributed by atoms with Gasteiger partial charge in [0.1, 0.15) is 0 Å². The Morgan fingerprint density at radius 1 is 1.25 bits per heavy atom. The van der Waals surface area contributed by atoms with Crippen molar-refractivity contribution < 1.29 is 5.11 Å². The van der Waals surface area contributed by atoms with E-state index in [0.717, 1.165) is 31.7 Å². The summed E-state index contributed by atoms with van der Waals surface area (Å²) in [6.07, 6.45) is 1.72. The molecule has 0 aliphatic rings. The van der Waals surface area contributed by atoms with Crippen molar-refractivity contribution in [3.8, 4) is 11.8 Å². The zero-order valence-corrected chi connectivity index (χ0v) is 13.7. The summed E-state index contributed by atoms with van der Waals surface area (Å²) >= 11 is 1.78. The zero-order valence-electron chi connectivity index (χ0n) is 12.9. The largest absolute Gasteiger partial charge is 0.395 e. The maximum absolute atomic E-state index is 8.79. The summed E-state index contributed by atoms with van der Waals surface area (Å²) < 4.78 is 0. The van der Waals surface area contributed by atoms with Gasteiger partial charge < -0.3 is 10.0 Å². The van der Waals surface area contributed by atoms with Gasteiger partial charge in [-0.05, 0) is 38.5 Å². The van der Waals surface area contributed by atoms with Crippen LogP contribution >= 0.6 is 11.3 Å². The summed E-state index contributed by atoms with van der Waals surface area (Å²) in [6.45, 7) is 6.62. The summed E-state index contributed by atoms with van der Waals surface area (Å²) in [4.78, 5) is 6.05. The maximum Gasteiger partial charge on any atom is 0.0540 e. The van der Waals surface area contributed by atoms with Crippen molar-refractivity contribution in [2.75, 3.05) is 40.3 Å². The van der Waals surface area contributed by atoms with Crippen molar-refractivity contribution in [1.29, 1.82) is 0 Å². The highest BCUT2D eigenvalue weighted by molar-refractivity contribution is 7.10. The molecule has 0 fully saturated rings. The molecule has 3 nitrogen and oxygen atoms in total. The minimum Gasteiger partial charge on any atom is -0.395 e. The van der Waals surface area contributed by atoms with Crippen LogP contribution in [0.4, 0.5) is 0 Å². The molecule has 0 unspecified atom stereocenters. The first-order valence-electron chi connectivity index (χ1n) is 7.20. The van der Waals surface area contributed by atoms with Crippen LogP contribution in [0.15, 0.2) is 11.4 Å². The maximum atomic E-state index is 8.79. The second-order valence-corrected chi connectivity index (χ2v) is 6.11. The summed E-state index contributed by atoms with van der Waals surface area (Å²) in [7, 11) is 4.22. The molecule has 0 saturated carbocycles. The van der Waals surface area contributed by atoms with Crippen LogP contribution in [0.2, 0.25) is 0 Å². The predicted molar refractivity (Wildman–Crippen MR) is 87.0 cm³/mol. The summed E-state index contributed by atoms with van der Waals surface area (Å²) in [5, 5.41) is 10.9. The molecule has 1 N–H and O–H groups in total. The second-order valence-electron chi connectivity index (χ2n) is 5.11. The van der Waals surface area contributed by atoms with E-state index in [0.29, 0.717) is 6.42 Å². The van der Waals surface area contributed by atoms with Crippen molar-refractivity contribution in [2.45, 2.75) is 26.3 Å². The van der Waals surface area contributed by atoms with E-state index < -0.39 is 0 Å².